The first-order valence-corrected chi connectivity index (χ1v) is 8.19. The van der Waals surface area contributed by atoms with Gasteiger partial charge in [-0.3, -0.25) is 0 Å². The van der Waals surface area contributed by atoms with Crippen LogP contribution in [0.15, 0.2) is 0 Å². The molecular formula is C16H32ClNO. The lowest BCUT2D eigenvalue weighted by Crippen LogP contribution is -2.35. The fourth-order valence-corrected chi connectivity index (χ4v) is 3.97. The molecule has 0 aromatic carbocycles. The van der Waals surface area contributed by atoms with E-state index in [1.165, 1.54) is 64.2 Å². The molecule has 2 aliphatic carbocycles. The minimum absolute atomic E-state index is 0. The summed E-state index contributed by atoms with van der Waals surface area (Å²) in [4.78, 5) is 0. The molecule has 2 atom stereocenters. The largest absolute Gasteiger partial charge is 0.393 e. The average Bonchev–Trinajstić information content (AvgIpc) is 2.40. The van der Waals surface area contributed by atoms with E-state index in [1.807, 2.05) is 0 Å². The molecule has 2 unspecified atom stereocenters. The molecule has 0 aromatic rings. The molecule has 3 N–H and O–H groups in total. The van der Waals surface area contributed by atoms with Crippen LogP contribution in [0.4, 0.5) is 0 Å². The summed E-state index contributed by atoms with van der Waals surface area (Å²) >= 11 is 0. The van der Waals surface area contributed by atoms with E-state index < -0.39 is 0 Å². The van der Waals surface area contributed by atoms with Gasteiger partial charge in [0.15, 0.2) is 0 Å². The van der Waals surface area contributed by atoms with Gasteiger partial charge >= 0.3 is 0 Å². The zero-order chi connectivity index (χ0) is 12.8. The normalized spacial score (nSPS) is 25.6. The van der Waals surface area contributed by atoms with Crippen LogP contribution < -0.4 is 5.73 Å². The van der Waals surface area contributed by atoms with Crippen LogP contribution in [-0.4, -0.2) is 17.3 Å². The zero-order valence-electron chi connectivity index (χ0n) is 12.2. The van der Waals surface area contributed by atoms with E-state index in [1.54, 1.807) is 0 Å². The fourth-order valence-electron chi connectivity index (χ4n) is 3.97. The van der Waals surface area contributed by atoms with Gasteiger partial charge in [0.25, 0.3) is 0 Å². The van der Waals surface area contributed by atoms with Crippen molar-refractivity contribution in [3.8, 4) is 0 Å². The lowest BCUT2D eigenvalue weighted by Gasteiger charge is -2.30. The molecule has 0 aliphatic heterocycles. The minimum Gasteiger partial charge on any atom is -0.393 e. The third kappa shape index (κ3) is 6.01. The van der Waals surface area contributed by atoms with Crippen molar-refractivity contribution in [2.24, 2.45) is 17.6 Å². The van der Waals surface area contributed by atoms with Crippen molar-refractivity contribution in [1.82, 2.24) is 0 Å². The molecule has 0 amide bonds. The Morgan fingerprint density at radius 1 is 0.895 bits per heavy atom. The molecule has 0 heterocycles. The summed E-state index contributed by atoms with van der Waals surface area (Å²) < 4.78 is 0. The molecule has 2 saturated carbocycles. The molecule has 114 valence electrons. The maximum atomic E-state index is 10.2. The first-order chi connectivity index (χ1) is 8.75. The standard InChI is InChI=1S/C16H31NO.ClH/c17-16(14-9-5-2-6-10-14)12-15(18)11-13-7-3-1-4-8-13;/h13-16,18H,1-12,17H2;1H. The van der Waals surface area contributed by atoms with Gasteiger partial charge < -0.3 is 10.8 Å². The van der Waals surface area contributed by atoms with Gasteiger partial charge in [-0.2, -0.15) is 0 Å². The van der Waals surface area contributed by atoms with E-state index >= 15 is 0 Å². The zero-order valence-corrected chi connectivity index (χ0v) is 13.0. The SMILES string of the molecule is Cl.NC(CC(O)CC1CCCCC1)C1CCCCC1. The smallest absolute Gasteiger partial charge is 0.0557 e. The van der Waals surface area contributed by atoms with E-state index in [0.29, 0.717) is 5.92 Å². The van der Waals surface area contributed by atoms with Gasteiger partial charge in [0.2, 0.25) is 0 Å². The van der Waals surface area contributed by atoms with Crippen LogP contribution in [0, 0.1) is 11.8 Å². The first kappa shape index (κ1) is 17.3. The van der Waals surface area contributed by atoms with E-state index in [9.17, 15) is 5.11 Å². The second-order valence-electron chi connectivity index (χ2n) is 6.69. The Bertz CT molecular complexity index is 225. The van der Waals surface area contributed by atoms with E-state index in [4.69, 9.17) is 5.73 Å². The highest BCUT2D eigenvalue weighted by molar-refractivity contribution is 5.85. The van der Waals surface area contributed by atoms with Gasteiger partial charge in [0.1, 0.15) is 0 Å². The third-order valence-electron chi connectivity index (χ3n) is 5.13. The predicted octanol–water partition coefficient (Wildman–Crippen LogP) is 4.04. The number of aliphatic hydroxyl groups excluding tert-OH is 1. The van der Waals surface area contributed by atoms with Crippen LogP contribution in [0.25, 0.3) is 0 Å². The fraction of sp³-hybridized carbons (Fsp3) is 1.00. The third-order valence-corrected chi connectivity index (χ3v) is 5.13. The summed E-state index contributed by atoms with van der Waals surface area (Å²) in [6.07, 6.45) is 15.1. The highest BCUT2D eigenvalue weighted by atomic mass is 35.5. The second-order valence-corrected chi connectivity index (χ2v) is 6.69. The van der Waals surface area contributed by atoms with Crippen molar-refractivity contribution < 1.29 is 5.11 Å². The Kier molecular flexibility index (Phi) is 8.36. The molecule has 0 bridgehead atoms. The summed E-state index contributed by atoms with van der Waals surface area (Å²) in [6.45, 7) is 0. The Labute approximate surface area is 124 Å². The molecular weight excluding hydrogens is 258 g/mol. The molecule has 0 radical (unpaired) electrons. The van der Waals surface area contributed by atoms with Crippen molar-refractivity contribution in [2.75, 3.05) is 0 Å². The number of rotatable bonds is 5. The van der Waals surface area contributed by atoms with Crippen molar-refractivity contribution in [3.05, 3.63) is 0 Å². The summed E-state index contributed by atoms with van der Waals surface area (Å²) in [5.41, 5.74) is 6.29. The van der Waals surface area contributed by atoms with Crippen molar-refractivity contribution in [2.45, 2.75) is 89.2 Å². The topological polar surface area (TPSA) is 46.2 Å². The quantitative estimate of drug-likeness (QED) is 0.802. The monoisotopic (exact) mass is 289 g/mol. The minimum atomic E-state index is -0.148. The van der Waals surface area contributed by atoms with Crippen molar-refractivity contribution >= 4 is 12.4 Å². The molecule has 2 nitrogen and oxygen atoms in total. The Balaban J connectivity index is 0.00000180. The van der Waals surface area contributed by atoms with Crippen LogP contribution in [0.3, 0.4) is 0 Å². The van der Waals surface area contributed by atoms with Crippen LogP contribution in [0.1, 0.15) is 77.0 Å². The maximum absolute atomic E-state index is 10.2. The van der Waals surface area contributed by atoms with Crippen LogP contribution in [-0.2, 0) is 0 Å². The van der Waals surface area contributed by atoms with Gasteiger partial charge in [-0.1, -0.05) is 51.4 Å². The molecule has 2 fully saturated rings. The van der Waals surface area contributed by atoms with Gasteiger partial charge in [-0.15, -0.1) is 12.4 Å². The predicted molar refractivity (Wildman–Crippen MR) is 83.6 cm³/mol. The summed E-state index contributed by atoms with van der Waals surface area (Å²) in [6, 6.07) is 0.240. The lowest BCUT2D eigenvalue weighted by atomic mass is 9.80. The summed E-state index contributed by atoms with van der Waals surface area (Å²) in [5.74, 6) is 1.45. The highest BCUT2D eigenvalue weighted by Crippen LogP contribution is 2.30. The van der Waals surface area contributed by atoms with Crippen molar-refractivity contribution in [1.29, 1.82) is 0 Å². The van der Waals surface area contributed by atoms with Crippen LogP contribution in [0.2, 0.25) is 0 Å². The number of hydrogen-bond donors (Lipinski definition) is 2. The summed E-state index contributed by atoms with van der Waals surface area (Å²) in [7, 11) is 0. The molecule has 0 saturated heterocycles. The lowest BCUT2D eigenvalue weighted by molar-refractivity contribution is 0.103. The van der Waals surface area contributed by atoms with Gasteiger partial charge in [0, 0.05) is 6.04 Å². The number of hydrogen-bond acceptors (Lipinski definition) is 2. The average molecular weight is 290 g/mol. The first-order valence-electron chi connectivity index (χ1n) is 8.19. The number of halogens is 1. The molecule has 2 aliphatic rings. The Morgan fingerprint density at radius 3 is 2.00 bits per heavy atom. The number of nitrogens with two attached hydrogens (primary N) is 1. The highest BCUT2D eigenvalue weighted by Gasteiger charge is 2.24. The van der Waals surface area contributed by atoms with E-state index in [2.05, 4.69) is 0 Å². The molecule has 0 aromatic heterocycles. The second kappa shape index (κ2) is 9.20. The maximum Gasteiger partial charge on any atom is 0.0557 e. The molecule has 0 spiro atoms. The van der Waals surface area contributed by atoms with Gasteiger partial charge in [-0.25, -0.2) is 0 Å². The van der Waals surface area contributed by atoms with Crippen LogP contribution >= 0.6 is 12.4 Å². The van der Waals surface area contributed by atoms with E-state index in [0.717, 1.165) is 18.8 Å². The molecule has 2 rings (SSSR count). The van der Waals surface area contributed by atoms with E-state index in [-0.39, 0.29) is 24.6 Å². The Hall–Kier alpha value is 0.210. The Morgan fingerprint density at radius 2 is 1.42 bits per heavy atom. The van der Waals surface area contributed by atoms with Gasteiger partial charge in [-0.05, 0) is 37.5 Å². The van der Waals surface area contributed by atoms with Gasteiger partial charge in [0.05, 0.1) is 6.10 Å². The van der Waals surface area contributed by atoms with Crippen molar-refractivity contribution in [3.63, 3.8) is 0 Å². The molecule has 19 heavy (non-hydrogen) atoms. The number of aliphatic hydroxyl groups is 1. The van der Waals surface area contributed by atoms with Crippen LogP contribution in [0.5, 0.6) is 0 Å². The summed E-state index contributed by atoms with van der Waals surface area (Å²) in [5, 5.41) is 10.2. The molecule has 3 heteroatoms.